The minimum absolute atomic E-state index is 0.104. The van der Waals surface area contributed by atoms with Crippen LogP contribution in [0, 0.1) is 0 Å². The second kappa shape index (κ2) is 5.74. The van der Waals surface area contributed by atoms with E-state index in [1.807, 2.05) is 10.8 Å². The van der Waals surface area contributed by atoms with Crippen LogP contribution in [0.25, 0.3) is 11.0 Å². The lowest BCUT2D eigenvalue weighted by atomic mass is 10.2. The van der Waals surface area contributed by atoms with E-state index in [1.165, 1.54) is 6.33 Å². The van der Waals surface area contributed by atoms with Crippen molar-refractivity contribution in [3.63, 3.8) is 0 Å². The van der Waals surface area contributed by atoms with Crippen LogP contribution < -0.4 is 10.9 Å². The fourth-order valence-electron chi connectivity index (χ4n) is 2.47. The van der Waals surface area contributed by atoms with Crippen LogP contribution in [-0.2, 0) is 19.2 Å². The molecule has 0 radical (unpaired) electrons. The first-order chi connectivity index (χ1) is 10.3. The SMILES string of the molecule is Nc1ncnc2c1c(Br)cn2[C@H]1CC[C@@H](COS(N)(=O)=O)O1. The first-order valence-electron chi connectivity index (χ1n) is 6.44. The molecule has 0 unspecified atom stereocenters. The smallest absolute Gasteiger partial charge is 0.333 e. The summed E-state index contributed by atoms with van der Waals surface area (Å²) in [6, 6.07) is 0. The van der Waals surface area contributed by atoms with Crippen molar-refractivity contribution in [3.05, 3.63) is 17.0 Å². The zero-order chi connectivity index (χ0) is 15.9. The Morgan fingerprint density at radius 1 is 1.45 bits per heavy atom. The van der Waals surface area contributed by atoms with E-state index >= 15 is 0 Å². The molecular formula is C11H14BrN5O4S. The fraction of sp³-hybridized carbons (Fsp3) is 0.455. The quantitative estimate of drug-likeness (QED) is 0.781. The molecule has 0 spiro atoms. The largest absolute Gasteiger partial charge is 0.383 e. The van der Waals surface area contributed by atoms with E-state index in [4.69, 9.17) is 15.6 Å². The van der Waals surface area contributed by atoms with Crippen molar-refractivity contribution < 1.29 is 17.3 Å². The first-order valence-corrected chi connectivity index (χ1v) is 8.70. The topological polar surface area (TPSA) is 135 Å². The van der Waals surface area contributed by atoms with Gasteiger partial charge in [-0.05, 0) is 28.8 Å². The Hall–Kier alpha value is -1.27. The van der Waals surface area contributed by atoms with Crippen LogP contribution in [-0.4, -0.2) is 35.7 Å². The molecule has 1 saturated heterocycles. The number of nitrogen functional groups attached to an aromatic ring is 1. The molecule has 1 aliphatic heterocycles. The molecule has 1 fully saturated rings. The normalized spacial score (nSPS) is 22.5. The van der Waals surface area contributed by atoms with Crippen molar-refractivity contribution in [2.24, 2.45) is 5.14 Å². The lowest BCUT2D eigenvalue weighted by Gasteiger charge is -2.15. The monoisotopic (exact) mass is 391 g/mol. The number of hydrogen-bond acceptors (Lipinski definition) is 7. The van der Waals surface area contributed by atoms with Crippen LogP contribution in [0.4, 0.5) is 5.82 Å². The standard InChI is InChI=1S/C11H14BrN5O4S/c12-7-3-17(11-9(7)10(13)15-5-16-11)8-2-1-6(21-8)4-20-22(14,18)19/h3,5-6,8H,1-2,4H2,(H2,13,15,16)(H2,14,18,19)/t6-,8+/m0/s1. The van der Waals surface area contributed by atoms with Gasteiger partial charge in [0.2, 0.25) is 0 Å². The van der Waals surface area contributed by atoms with Gasteiger partial charge in [-0.15, -0.1) is 0 Å². The summed E-state index contributed by atoms with van der Waals surface area (Å²) in [6.45, 7) is -0.104. The molecular weight excluding hydrogens is 378 g/mol. The first kappa shape index (κ1) is 15.6. The molecule has 1 aliphatic rings. The number of nitrogens with two attached hydrogens (primary N) is 2. The van der Waals surface area contributed by atoms with Crippen LogP contribution in [0.1, 0.15) is 19.1 Å². The number of hydrogen-bond donors (Lipinski definition) is 2. The molecule has 0 saturated carbocycles. The van der Waals surface area contributed by atoms with E-state index in [2.05, 4.69) is 30.1 Å². The van der Waals surface area contributed by atoms with Gasteiger partial charge in [0.15, 0.2) is 0 Å². The van der Waals surface area contributed by atoms with E-state index in [0.29, 0.717) is 24.3 Å². The average Bonchev–Trinajstić information content (AvgIpc) is 3.01. The van der Waals surface area contributed by atoms with Crippen molar-refractivity contribution >= 4 is 43.1 Å². The van der Waals surface area contributed by atoms with Gasteiger partial charge in [-0.1, -0.05) is 0 Å². The Kier molecular flexibility index (Phi) is 4.07. The van der Waals surface area contributed by atoms with E-state index in [0.717, 1.165) is 9.86 Å². The van der Waals surface area contributed by atoms with E-state index in [1.54, 1.807) is 0 Å². The minimum Gasteiger partial charge on any atom is -0.383 e. The summed E-state index contributed by atoms with van der Waals surface area (Å²) in [4.78, 5) is 8.19. The molecule has 2 atom stereocenters. The number of fused-ring (bicyclic) bond motifs is 1. The zero-order valence-corrected chi connectivity index (χ0v) is 13.7. The lowest BCUT2D eigenvalue weighted by Crippen LogP contribution is -2.23. The summed E-state index contributed by atoms with van der Waals surface area (Å²) >= 11 is 3.43. The number of halogens is 1. The Bertz CT molecular complexity index is 808. The molecule has 0 aromatic carbocycles. The predicted molar refractivity (Wildman–Crippen MR) is 81.8 cm³/mol. The van der Waals surface area contributed by atoms with Crippen LogP contribution in [0.3, 0.4) is 0 Å². The van der Waals surface area contributed by atoms with Crippen molar-refractivity contribution in [1.82, 2.24) is 14.5 Å². The zero-order valence-electron chi connectivity index (χ0n) is 11.3. The second-order valence-corrected chi connectivity index (χ2v) is 6.98. The van der Waals surface area contributed by atoms with Crippen molar-refractivity contribution in [1.29, 1.82) is 0 Å². The highest BCUT2D eigenvalue weighted by Gasteiger charge is 2.29. The van der Waals surface area contributed by atoms with Gasteiger partial charge in [-0.2, -0.15) is 8.42 Å². The summed E-state index contributed by atoms with van der Waals surface area (Å²) < 4.78 is 34.6. The molecule has 0 aliphatic carbocycles. The molecule has 120 valence electrons. The Morgan fingerprint density at radius 3 is 2.95 bits per heavy atom. The summed E-state index contributed by atoms with van der Waals surface area (Å²) in [5.41, 5.74) is 6.51. The van der Waals surface area contributed by atoms with Gasteiger partial charge in [-0.3, -0.25) is 4.18 Å². The second-order valence-electron chi connectivity index (χ2n) is 4.91. The molecule has 11 heteroatoms. The molecule has 3 rings (SSSR count). The summed E-state index contributed by atoms with van der Waals surface area (Å²) in [5.74, 6) is 0.378. The maximum Gasteiger partial charge on any atom is 0.333 e. The van der Waals surface area contributed by atoms with Crippen molar-refractivity contribution in [2.45, 2.75) is 25.2 Å². The summed E-state index contributed by atoms with van der Waals surface area (Å²) in [6.07, 6.45) is 3.92. The van der Waals surface area contributed by atoms with Crippen LogP contribution in [0.5, 0.6) is 0 Å². The highest BCUT2D eigenvalue weighted by atomic mass is 79.9. The molecule has 0 bridgehead atoms. The molecule has 4 N–H and O–H groups in total. The third-order valence-corrected chi connectivity index (χ3v) is 4.47. The van der Waals surface area contributed by atoms with Crippen LogP contribution in [0.2, 0.25) is 0 Å². The molecule has 2 aromatic rings. The Morgan fingerprint density at radius 2 is 2.23 bits per heavy atom. The van der Waals surface area contributed by atoms with E-state index < -0.39 is 10.3 Å². The third-order valence-electron chi connectivity index (χ3n) is 3.41. The maximum atomic E-state index is 10.8. The third kappa shape index (κ3) is 3.08. The minimum atomic E-state index is -3.96. The summed E-state index contributed by atoms with van der Waals surface area (Å²) in [5, 5.41) is 5.52. The van der Waals surface area contributed by atoms with E-state index in [-0.39, 0.29) is 18.9 Å². The molecule has 3 heterocycles. The van der Waals surface area contributed by atoms with Gasteiger partial charge in [0.1, 0.15) is 24.0 Å². The number of anilines is 1. The number of rotatable bonds is 4. The van der Waals surface area contributed by atoms with Gasteiger partial charge in [0, 0.05) is 10.7 Å². The van der Waals surface area contributed by atoms with Gasteiger partial charge >= 0.3 is 10.3 Å². The van der Waals surface area contributed by atoms with Gasteiger partial charge in [0.25, 0.3) is 0 Å². The fourth-order valence-corrected chi connectivity index (χ4v) is 3.41. The molecule has 9 nitrogen and oxygen atoms in total. The molecule has 0 amide bonds. The molecule has 2 aromatic heterocycles. The molecule has 22 heavy (non-hydrogen) atoms. The van der Waals surface area contributed by atoms with Gasteiger partial charge in [0.05, 0.1) is 18.1 Å². The van der Waals surface area contributed by atoms with Crippen LogP contribution in [0.15, 0.2) is 17.0 Å². The Balaban J connectivity index is 1.80. The van der Waals surface area contributed by atoms with Gasteiger partial charge in [-0.25, -0.2) is 15.1 Å². The highest BCUT2D eigenvalue weighted by molar-refractivity contribution is 9.10. The average molecular weight is 392 g/mol. The predicted octanol–water partition coefficient (Wildman–Crippen LogP) is 0.674. The number of nitrogens with zero attached hydrogens (tertiary/aromatic N) is 3. The van der Waals surface area contributed by atoms with Crippen molar-refractivity contribution in [3.8, 4) is 0 Å². The van der Waals surface area contributed by atoms with Gasteiger partial charge < -0.3 is 15.0 Å². The maximum absolute atomic E-state index is 10.8. The van der Waals surface area contributed by atoms with E-state index in [9.17, 15) is 8.42 Å². The summed E-state index contributed by atoms with van der Waals surface area (Å²) in [7, 11) is -3.96. The van der Waals surface area contributed by atoms with Crippen LogP contribution >= 0.6 is 15.9 Å². The number of ether oxygens (including phenoxy) is 1. The highest BCUT2D eigenvalue weighted by Crippen LogP contribution is 2.35. The van der Waals surface area contributed by atoms with Crippen molar-refractivity contribution in [2.75, 3.05) is 12.3 Å². The number of aromatic nitrogens is 3. The Labute approximate surface area is 135 Å². The lowest BCUT2D eigenvalue weighted by molar-refractivity contribution is -0.0146.